The van der Waals surface area contributed by atoms with Gasteiger partial charge in [-0.3, -0.25) is 0 Å². The van der Waals surface area contributed by atoms with Gasteiger partial charge in [-0.25, -0.2) is 0 Å². The number of ether oxygens (including phenoxy) is 1. The number of rotatable bonds is 4. The Balaban J connectivity index is 2.04. The van der Waals surface area contributed by atoms with Crippen molar-refractivity contribution in [1.82, 2.24) is 5.32 Å². The molecule has 0 radical (unpaired) electrons. The van der Waals surface area contributed by atoms with Crippen molar-refractivity contribution in [2.75, 3.05) is 18.9 Å². The van der Waals surface area contributed by atoms with Gasteiger partial charge in [-0.1, -0.05) is 19.1 Å². The van der Waals surface area contributed by atoms with Gasteiger partial charge in [0.1, 0.15) is 5.75 Å². The molecule has 0 saturated carbocycles. The summed E-state index contributed by atoms with van der Waals surface area (Å²) >= 11 is 1.96. The highest BCUT2D eigenvalue weighted by Gasteiger charge is 2.16. The normalized spacial score (nSPS) is 20.5. The van der Waals surface area contributed by atoms with Crippen LogP contribution in [0.4, 0.5) is 0 Å². The third kappa shape index (κ3) is 2.89. The molecule has 1 atom stereocenters. The van der Waals surface area contributed by atoms with Crippen LogP contribution in [0.15, 0.2) is 24.3 Å². The van der Waals surface area contributed by atoms with Crippen LogP contribution in [0.3, 0.4) is 0 Å². The van der Waals surface area contributed by atoms with Crippen molar-refractivity contribution in [3.63, 3.8) is 0 Å². The first-order chi connectivity index (χ1) is 7.40. The molecule has 1 aliphatic rings. The maximum Gasteiger partial charge on any atom is 0.119 e. The molecule has 1 aromatic rings. The minimum Gasteiger partial charge on any atom is -0.494 e. The molecule has 1 fully saturated rings. The standard InChI is InChI=1S/C12H17NOS/c1-2-7-14-11-5-3-4-10(9-11)12-13-6-8-15-12/h3-5,9,12-13H,2,6-8H2,1H3. The Morgan fingerprint density at radius 2 is 2.47 bits per heavy atom. The molecule has 1 aliphatic heterocycles. The van der Waals surface area contributed by atoms with Crippen molar-refractivity contribution in [1.29, 1.82) is 0 Å². The first-order valence-corrected chi connectivity index (χ1v) is 6.53. The summed E-state index contributed by atoms with van der Waals surface area (Å²) < 4.78 is 5.62. The van der Waals surface area contributed by atoms with Gasteiger partial charge in [0.25, 0.3) is 0 Å². The van der Waals surface area contributed by atoms with Crippen molar-refractivity contribution in [3.8, 4) is 5.75 Å². The van der Waals surface area contributed by atoms with E-state index in [9.17, 15) is 0 Å². The number of hydrogen-bond acceptors (Lipinski definition) is 3. The Kier molecular flexibility index (Phi) is 3.92. The number of nitrogens with one attached hydrogen (secondary N) is 1. The Bertz CT molecular complexity index is 310. The second kappa shape index (κ2) is 5.42. The van der Waals surface area contributed by atoms with Gasteiger partial charge >= 0.3 is 0 Å². The van der Waals surface area contributed by atoms with Crippen LogP contribution < -0.4 is 10.1 Å². The highest BCUT2D eigenvalue weighted by Crippen LogP contribution is 2.31. The zero-order chi connectivity index (χ0) is 10.5. The fourth-order valence-electron chi connectivity index (χ4n) is 1.63. The van der Waals surface area contributed by atoms with Crippen LogP contribution in [0, 0.1) is 0 Å². The van der Waals surface area contributed by atoms with Crippen LogP contribution >= 0.6 is 11.8 Å². The van der Waals surface area contributed by atoms with Crippen molar-refractivity contribution in [2.45, 2.75) is 18.7 Å². The lowest BCUT2D eigenvalue weighted by Gasteiger charge is -2.11. The van der Waals surface area contributed by atoms with Gasteiger partial charge in [-0.05, 0) is 24.1 Å². The molecule has 0 bridgehead atoms. The molecule has 1 N–H and O–H groups in total. The van der Waals surface area contributed by atoms with Gasteiger partial charge in [-0.15, -0.1) is 11.8 Å². The third-order valence-corrected chi connectivity index (χ3v) is 3.56. The van der Waals surface area contributed by atoms with E-state index in [4.69, 9.17) is 4.74 Å². The fraction of sp³-hybridized carbons (Fsp3) is 0.500. The lowest BCUT2D eigenvalue weighted by Crippen LogP contribution is -2.12. The zero-order valence-corrected chi connectivity index (χ0v) is 9.85. The SMILES string of the molecule is CCCOc1cccc(C2NCCS2)c1. The van der Waals surface area contributed by atoms with E-state index >= 15 is 0 Å². The van der Waals surface area contributed by atoms with Crippen molar-refractivity contribution in [2.24, 2.45) is 0 Å². The summed E-state index contributed by atoms with van der Waals surface area (Å²) in [6, 6.07) is 8.40. The van der Waals surface area contributed by atoms with Gasteiger partial charge in [0.2, 0.25) is 0 Å². The van der Waals surface area contributed by atoms with E-state index in [1.807, 2.05) is 17.8 Å². The summed E-state index contributed by atoms with van der Waals surface area (Å²) in [7, 11) is 0. The smallest absolute Gasteiger partial charge is 0.119 e. The van der Waals surface area contributed by atoms with E-state index in [1.54, 1.807) is 0 Å². The summed E-state index contributed by atoms with van der Waals surface area (Å²) in [5, 5.41) is 3.92. The van der Waals surface area contributed by atoms with Crippen LogP contribution in [-0.2, 0) is 0 Å². The van der Waals surface area contributed by atoms with Gasteiger partial charge in [0.05, 0.1) is 12.0 Å². The van der Waals surface area contributed by atoms with Crippen molar-refractivity contribution < 1.29 is 4.74 Å². The number of hydrogen-bond donors (Lipinski definition) is 1. The van der Waals surface area contributed by atoms with E-state index < -0.39 is 0 Å². The number of thioether (sulfide) groups is 1. The monoisotopic (exact) mass is 223 g/mol. The predicted octanol–water partition coefficient (Wildman–Crippen LogP) is 2.81. The molecule has 0 amide bonds. The minimum atomic E-state index is 0.454. The molecule has 2 nitrogen and oxygen atoms in total. The zero-order valence-electron chi connectivity index (χ0n) is 9.03. The van der Waals surface area contributed by atoms with Gasteiger partial charge in [-0.2, -0.15) is 0 Å². The molecule has 1 heterocycles. The van der Waals surface area contributed by atoms with Crippen molar-refractivity contribution >= 4 is 11.8 Å². The molecule has 2 rings (SSSR count). The van der Waals surface area contributed by atoms with Gasteiger partial charge in [0.15, 0.2) is 0 Å². The summed E-state index contributed by atoms with van der Waals surface area (Å²) in [5.74, 6) is 2.19. The second-order valence-electron chi connectivity index (χ2n) is 3.63. The van der Waals surface area contributed by atoms with Crippen LogP contribution in [-0.4, -0.2) is 18.9 Å². The Morgan fingerprint density at radius 3 is 3.20 bits per heavy atom. The molecular formula is C12H17NOS. The second-order valence-corrected chi connectivity index (χ2v) is 4.84. The summed E-state index contributed by atoms with van der Waals surface area (Å²) in [4.78, 5) is 0. The van der Waals surface area contributed by atoms with Crippen molar-refractivity contribution in [3.05, 3.63) is 29.8 Å². The minimum absolute atomic E-state index is 0.454. The molecule has 0 aliphatic carbocycles. The molecular weight excluding hydrogens is 206 g/mol. The van der Waals surface area contributed by atoms with E-state index in [2.05, 4.69) is 30.4 Å². The summed E-state index contributed by atoms with van der Waals surface area (Å²) in [6.07, 6.45) is 1.06. The first kappa shape index (κ1) is 10.8. The highest BCUT2D eigenvalue weighted by atomic mass is 32.2. The molecule has 1 aromatic carbocycles. The van der Waals surface area contributed by atoms with Crippen LogP contribution in [0.1, 0.15) is 24.3 Å². The van der Waals surface area contributed by atoms with E-state index in [0.29, 0.717) is 5.37 Å². The predicted molar refractivity (Wildman–Crippen MR) is 65.4 cm³/mol. The lowest BCUT2D eigenvalue weighted by molar-refractivity contribution is 0.317. The maximum atomic E-state index is 5.62. The van der Waals surface area contributed by atoms with Crippen LogP contribution in [0.25, 0.3) is 0 Å². The molecule has 1 unspecified atom stereocenters. The van der Waals surface area contributed by atoms with E-state index in [1.165, 1.54) is 11.3 Å². The molecule has 3 heteroatoms. The number of benzene rings is 1. The summed E-state index contributed by atoms with van der Waals surface area (Å²) in [6.45, 7) is 4.03. The molecule has 15 heavy (non-hydrogen) atoms. The average Bonchev–Trinajstić information content (AvgIpc) is 2.80. The fourth-order valence-corrected chi connectivity index (χ4v) is 2.67. The van der Waals surface area contributed by atoms with Gasteiger partial charge in [0, 0.05) is 12.3 Å². The Labute approximate surface area is 95.4 Å². The lowest BCUT2D eigenvalue weighted by atomic mass is 10.2. The Morgan fingerprint density at radius 1 is 1.53 bits per heavy atom. The Hall–Kier alpha value is -0.670. The summed E-state index contributed by atoms with van der Waals surface area (Å²) in [5.41, 5.74) is 1.33. The largest absolute Gasteiger partial charge is 0.494 e. The molecule has 0 aromatic heterocycles. The van der Waals surface area contributed by atoms with E-state index in [-0.39, 0.29) is 0 Å². The third-order valence-electron chi connectivity index (χ3n) is 2.35. The molecule has 1 saturated heterocycles. The average molecular weight is 223 g/mol. The quantitative estimate of drug-likeness (QED) is 0.848. The molecule has 82 valence electrons. The van der Waals surface area contributed by atoms with Gasteiger partial charge < -0.3 is 10.1 Å². The first-order valence-electron chi connectivity index (χ1n) is 5.48. The highest BCUT2D eigenvalue weighted by molar-refractivity contribution is 7.99. The van der Waals surface area contributed by atoms with E-state index in [0.717, 1.165) is 25.3 Å². The maximum absolute atomic E-state index is 5.62. The molecule has 0 spiro atoms. The van der Waals surface area contributed by atoms with Crippen LogP contribution in [0.2, 0.25) is 0 Å². The van der Waals surface area contributed by atoms with Crippen LogP contribution in [0.5, 0.6) is 5.75 Å². The topological polar surface area (TPSA) is 21.3 Å².